The van der Waals surface area contributed by atoms with Crippen molar-refractivity contribution in [2.24, 2.45) is 7.05 Å². The molecule has 0 fully saturated rings. The number of rotatable bonds is 6. The molecule has 3 aromatic rings. The van der Waals surface area contributed by atoms with Crippen molar-refractivity contribution in [3.05, 3.63) is 40.3 Å². The van der Waals surface area contributed by atoms with Gasteiger partial charge in [-0.3, -0.25) is 9.48 Å². The number of carbonyl (C=O) groups excluding carboxylic acids is 1. The van der Waals surface area contributed by atoms with E-state index in [9.17, 15) is 4.79 Å². The molecule has 0 bridgehead atoms. The van der Waals surface area contributed by atoms with Crippen LogP contribution >= 0.6 is 35.1 Å². The lowest BCUT2D eigenvalue weighted by Gasteiger charge is -2.12. The molecule has 3 heterocycles. The Labute approximate surface area is 160 Å². The monoisotopic (exact) mass is 397 g/mol. The van der Waals surface area contributed by atoms with E-state index < -0.39 is 6.04 Å². The molecule has 0 radical (unpaired) electrons. The molecule has 0 spiro atoms. The smallest absolute Gasteiger partial charge is 0.247 e. The molecule has 1 atom stereocenters. The fraction of sp³-hybridized carbons (Fsp3) is 0.312. The standard InChI is InChI=1S/C16H19N5OS2.ClH/c1-4-11-5-6-13(24-11)12-9-23-16(19-12)20-15(22)14(17-2)10-7-18-21(3)8-10;/h5-9,14,17H,4H2,1-3H3,(H,19,20,22);1H. The van der Waals surface area contributed by atoms with Gasteiger partial charge < -0.3 is 10.6 Å². The number of carbonyl (C=O) groups is 1. The fourth-order valence-electron chi connectivity index (χ4n) is 2.37. The molecule has 9 heteroatoms. The van der Waals surface area contributed by atoms with Gasteiger partial charge in [0.05, 0.1) is 16.8 Å². The molecule has 0 aromatic carbocycles. The lowest BCUT2D eigenvalue weighted by molar-refractivity contribution is -0.118. The molecule has 0 aliphatic rings. The van der Waals surface area contributed by atoms with E-state index in [4.69, 9.17) is 0 Å². The molecule has 0 saturated carbocycles. The molecule has 0 aliphatic heterocycles. The Bertz CT molecular complexity index is 841. The Hall–Kier alpha value is -1.74. The van der Waals surface area contributed by atoms with Crippen molar-refractivity contribution in [1.29, 1.82) is 0 Å². The number of likely N-dealkylation sites (N-methyl/N-ethyl adjacent to an activating group) is 1. The summed E-state index contributed by atoms with van der Waals surface area (Å²) in [5.74, 6) is -0.146. The lowest BCUT2D eigenvalue weighted by Crippen LogP contribution is -2.30. The molecule has 0 saturated heterocycles. The molecule has 134 valence electrons. The van der Waals surface area contributed by atoms with Crippen molar-refractivity contribution in [3.8, 4) is 10.6 Å². The predicted molar refractivity (Wildman–Crippen MR) is 106 cm³/mol. The van der Waals surface area contributed by atoms with Crippen LogP contribution in [-0.4, -0.2) is 27.7 Å². The summed E-state index contributed by atoms with van der Waals surface area (Å²) in [6.07, 6.45) is 4.53. The van der Waals surface area contributed by atoms with Crippen LogP contribution in [0.15, 0.2) is 29.9 Å². The number of halogens is 1. The largest absolute Gasteiger partial charge is 0.305 e. The number of hydrogen-bond donors (Lipinski definition) is 2. The van der Waals surface area contributed by atoms with Crippen LogP contribution < -0.4 is 10.6 Å². The third-order valence-corrected chi connectivity index (χ3v) is 5.62. The summed E-state index contributed by atoms with van der Waals surface area (Å²) >= 11 is 3.17. The van der Waals surface area contributed by atoms with Gasteiger partial charge in [0.2, 0.25) is 5.91 Å². The van der Waals surface area contributed by atoms with Gasteiger partial charge in [-0.15, -0.1) is 35.1 Å². The van der Waals surface area contributed by atoms with Gasteiger partial charge in [-0.25, -0.2) is 4.98 Å². The highest BCUT2D eigenvalue weighted by molar-refractivity contribution is 7.17. The molecule has 1 amide bonds. The molecule has 0 aliphatic carbocycles. The van der Waals surface area contributed by atoms with Gasteiger partial charge in [0.25, 0.3) is 0 Å². The summed E-state index contributed by atoms with van der Waals surface area (Å²) in [4.78, 5) is 19.5. The van der Waals surface area contributed by atoms with E-state index in [1.54, 1.807) is 29.3 Å². The van der Waals surface area contributed by atoms with Crippen molar-refractivity contribution in [3.63, 3.8) is 0 Å². The van der Waals surface area contributed by atoms with Crippen LogP contribution in [0.1, 0.15) is 23.4 Å². The molecule has 1 unspecified atom stereocenters. The maximum absolute atomic E-state index is 12.5. The first-order valence-electron chi connectivity index (χ1n) is 7.62. The normalized spacial score (nSPS) is 11.8. The molecule has 3 aromatic heterocycles. The van der Waals surface area contributed by atoms with Gasteiger partial charge in [-0.1, -0.05) is 6.92 Å². The fourth-order valence-corrected chi connectivity index (χ4v) is 4.06. The highest BCUT2D eigenvalue weighted by Gasteiger charge is 2.21. The predicted octanol–water partition coefficient (Wildman–Crippen LogP) is 3.49. The van der Waals surface area contributed by atoms with Gasteiger partial charge in [0.1, 0.15) is 6.04 Å². The van der Waals surface area contributed by atoms with E-state index in [-0.39, 0.29) is 18.3 Å². The average molecular weight is 398 g/mol. The van der Waals surface area contributed by atoms with Gasteiger partial charge in [-0.2, -0.15) is 5.10 Å². The van der Waals surface area contributed by atoms with E-state index in [0.29, 0.717) is 5.13 Å². The molecule has 6 nitrogen and oxygen atoms in total. The van der Waals surface area contributed by atoms with E-state index in [1.165, 1.54) is 16.2 Å². The summed E-state index contributed by atoms with van der Waals surface area (Å²) in [6.45, 7) is 2.14. The zero-order valence-corrected chi connectivity index (χ0v) is 16.6. The van der Waals surface area contributed by atoms with Crippen LogP contribution in [0.5, 0.6) is 0 Å². The van der Waals surface area contributed by atoms with E-state index in [2.05, 4.69) is 39.8 Å². The highest BCUT2D eigenvalue weighted by atomic mass is 35.5. The first-order chi connectivity index (χ1) is 11.6. The molecular weight excluding hydrogens is 378 g/mol. The quantitative estimate of drug-likeness (QED) is 0.667. The maximum Gasteiger partial charge on any atom is 0.247 e. The Morgan fingerprint density at radius 3 is 2.80 bits per heavy atom. The summed E-state index contributed by atoms with van der Waals surface area (Å²) in [7, 11) is 3.58. The minimum atomic E-state index is -0.459. The second kappa shape index (κ2) is 8.57. The maximum atomic E-state index is 12.5. The van der Waals surface area contributed by atoms with Crippen molar-refractivity contribution in [2.75, 3.05) is 12.4 Å². The minimum absolute atomic E-state index is 0. The Morgan fingerprint density at radius 1 is 1.40 bits per heavy atom. The SMILES string of the molecule is CCc1ccc(-c2csc(NC(=O)C(NC)c3cnn(C)c3)n2)s1.Cl. The van der Waals surface area contributed by atoms with Gasteiger partial charge in [0, 0.05) is 29.1 Å². The number of aryl methyl sites for hydroxylation is 2. The van der Waals surface area contributed by atoms with Crippen LogP contribution in [0.2, 0.25) is 0 Å². The van der Waals surface area contributed by atoms with E-state index >= 15 is 0 Å². The number of anilines is 1. The van der Waals surface area contributed by atoms with Crippen molar-refractivity contribution in [1.82, 2.24) is 20.1 Å². The van der Waals surface area contributed by atoms with E-state index in [1.807, 2.05) is 18.6 Å². The second-order valence-corrected chi connectivity index (χ2v) is 7.34. The number of nitrogens with one attached hydrogen (secondary N) is 2. The van der Waals surface area contributed by atoms with Gasteiger partial charge in [0.15, 0.2) is 5.13 Å². The van der Waals surface area contributed by atoms with E-state index in [0.717, 1.165) is 22.6 Å². The first kappa shape index (κ1) is 19.6. The van der Waals surface area contributed by atoms with Crippen molar-refractivity contribution < 1.29 is 4.79 Å². The number of hydrogen-bond acceptors (Lipinski definition) is 6. The summed E-state index contributed by atoms with van der Waals surface area (Å²) in [5.41, 5.74) is 1.72. The highest BCUT2D eigenvalue weighted by Crippen LogP contribution is 2.31. The van der Waals surface area contributed by atoms with Gasteiger partial charge in [-0.05, 0) is 25.6 Å². The average Bonchev–Trinajstić information content (AvgIpc) is 3.28. The molecular formula is C16H20ClN5OS2. The number of thiophene rings is 1. The van der Waals surface area contributed by atoms with Crippen LogP contribution in [0, 0.1) is 0 Å². The summed E-state index contributed by atoms with van der Waals surface area (Å²) in [6, 6.07) is 3.74. The third kappa shape index (κ3) is 4.46. The number of amides is 1. The third-order valence-electron chi connectivity index (χ3n) is 3.61. The summed E-state index contributed by atoms with van der Waals surface area (Å²) in [5, 5.41) is 12.6. The van der Waals surface area contributed by atoms with Crippen molar-refractivity contribution >= 4 is 46.1 Å². The summed E-state index contributed by atoms with van der Waals surface area (Å²) < 4.78 is 1.68. The number of thiazole rings is 1. The lowest BCUT2D eigenvalue weighted by atomic mass is 10.1. The number of nitrogens with zero attached hydrogens (tertiary/aromatic N) is 3. The second-order valence-electron chi connectivity index (χ2n) is 5.32. The number of aromatic nitrogens is 3. The zero-order valence-electron chi connectivity index (χ0n) is 14.1. The first-order valence-corrected chi connectivity index (χ1v) is 9.31. The van der Waals surface area contributed by atoms with Crippen LogP contribution in [0.4, 0.5) is 5.13 Å². The Morgan fingerprint density at radius 2 is 2.20 bits per heavy atom. The Kier molecular flexibility index (Phi) is 6.71. The van der Waals surface area contributed by atoms with Crippen molar-refractivity contribution in [2.45, 2.75) is 19.4 Å². The Balaban J connectivity index is 0.00000225. The minimum Gasteiger partial charge on any atom is -0.305 e. The van der Waals surface area contributed by atoms with Crippen LogP contribution in [-0.2, 0) is 18.3 Å². The molecule has 25 heavy (non-hydrogen) atoms. The molecule has 2 N–H and O–H groups in total. The topological polar surface area (TPSA) is 71.8 Å². The van der Waals surface area contributed by atoms with Crippen LogP contribution in [0.3, 0.4) is 0 Å². The van der Waals surface area contributed by atoms with Gasteiger partial charge >= 0.3 is 0 Å². The molecule has 3 rings (SSSR count). The zero-order chi connectivity index (χ0) is 17.1. The van der Waals surface area contributed by atoms with Crippen LogP contribution in [0.25, 0.3) is 10.6 Å².